The van der Waals surface area contributed by atoms with Gasteiger partial charge in [0.25, 0.3) is 0 Å². The fourth-order valence-electron chi connectivity index (χ4n) is 0.731. The highest BCUT2D eigenvalue weighted by molar-refractivity contribution is 6.17. The smallest absolute Gasteiger partial charge is 0.413 e. The first-order chi connectivity index (χ1) is 6.57. The van der Waals surface area contributed by atoms with Crippen molar-refractivity contribution in [1.82, 2.24) is 4.98 Å². The molecule has 1 aromatic heterocycles. The molecule has 78 valence electrons. The Hall–Kier alpha value is -0.970. The molecule has 0 spiro atoms. The quantitative estimate of drug-likeness (QED) is 0.735. The van der Waals surface area contributed by atoms with E-state index in [0.717, 1.165) is 0 Å². The van der Waals surface area contributed by atoms with Crippen LogP contribution in [-0.4, -0.2) is 17.8 Å². The maximum atomic E-state index is 12.4. The van der Waals surface area contributed by atoms with Crippen LogP contribution in [0.5, 0.6) is 5.88 Å². The van der Waals surface area contributed by atoms with Crippen LogP contribution in [0.3, 0.4) is 0 Å². The van der Waals surface area contributed by atoms with Crippen LogP contribution >= 0.6 is 11.6 Å². The summed E-state index contributed by atoms with van der Waals surface area (Å²) in [5, 5.41) is 0. The summed E-state index contributed by atoms with van der Waals surface area (Å²) >= 11 is 5.45. The van der Waals surface area contributed by atoms with Gasteiger partial charge in [0.15, 0.2) is 6.67 Å². The molecule has 0 N–H and O–H groups in total. The molecule has 0 atom stereocenters. The molecule has 1 aromatic rings. The minimum absolute atomic E-state index is 0.229. The molecule has 0 aromatic carbocycles. The van der Waals surface area contributed by atoms with Crippen molar-refractivity contribution in [2.75, 3.05) is 6.67 Å². The zero-order valence-electron chi connectivity index (χ0n) is 7.01. The molecule has 1 rings (SSSR count). The van der Waals surface area contributed by atoms with Crippen LogP contribution in [0, 0.1) is 0 Å². The highest BCUT2D eigenvalue weighted by atomic mass is 35.5. The van der Waals surface area contributed by atoms with Gasteiger partial charge in [0.05, 0.1) is 0 Å². The Morgan fingerprint density at radius 3 is 2.57 bits per heavy atom. The molecular formula is C8H7ClF3NO. The second kappa shape index (κ2) is 4.50. The number of rotatable bonds is 4. The van der Waals surface area contributed by atoms with E-state index < -0.39 is 12.8 Å². The summed E-state index contributed by atoms with van der Waals surface area (Å²) in [6.45, 7) is -1.88. The molecule has 6 heteroatoms. The van der Waals surface area contributed by atoms with Crippen molar-refractivity contribution in [3.63, 3.8) is 0 Å². The molecule has 0 amide bonds. The number of hydrogen-bond acceptors (Lipinski definition) is 2. The van der Waals surface area contributed by atoms with Crippen molar-refractivity contribution in [3.8, 4) is 5.88 Å². The lowest BCUT2D eigenvalue weighted by Crippen LogP contribution is -2.27. The monoisotopic (exact) mass is 225 g/mol. The molecule has 0 aliphatic carbocycles. The van der Waals surface area contributed by atoms with Gasteiger partial charge in [0.2, 0.25) is 5.88 Å². The van der Waals surface area contributed by atoms with E-state index in [9.17, 15) is 13.2 Å². The van der Waals surface area contributed by atoms with Crippen molar-refractivity contribution in [2.45, 2.75) is 12.0 Å². The molecule has 0 fully saturated rings. The van der Waals surface area contributed by atoms with E-state index >= 15 is 0 Å². The number of ether oxygens (including phenoxy) is 1. The van der Waals surface area contributed by atoms with Crippen molar-refractivity contribution in [3.05, 3.63) is 23.9 Å². The number of alkyl halides is 4. The van der Waals surface area contributed by atoms with Crippen LogP contribution in [-0.2, 0) is 5.88 Å². The normalized spacial score (nSPS) is 11.4. The third-order valence-corrected chi connectivity index (χ3v) is 1.67. The minimum Gasteiger partial charge on any atom is -0.413 e. The number of halogens is 4. The number of pyridine rings is 1. The average molecular weight is 226 g/mol. The Balaban J connectivity index is 2.69. The van der Waals surface area contributed by atoms with E-state index in [2.05, 4.69) is 9.72 Å². The third kappa shape index (κ3) is 3.06. The van der Waals surface area contributed by atoms with Gasteiger partial charge in [-0.3, -0.25) is 0 Å². The summed E-state index contributed by atoms with van der Waals surface area (Å²) in [5.74, 6) is -0.103. The van der Waals surface area contributed by atoms with E-state index in [4.69, 9.17) is 11.6 Å². The summed E-state index contributed by atoms with van der Waals surface area (Å²) in [4.78, 5) is 3.53. The standard InChI is InChI=1S/C8H7ClF3NO/c9-3-6-1-2-7(13-4-6)14-8(11,12)5-10/h1-2,4H,3,5H2. The summed E-state index contributed by atoms with van der Waals surface area (Å²) in [5.41, 5.74) is 0.669. The van der Waals surface area contributed by atoms with Gasteiger partial charge < -0.3 is 4.74 Å². The zero-order valence-corrected chi connectivity index (χ0v) is 7.77. The second-order valence-electron chi connectivity index (χ2n) is 2.51. The van der Waals surface area contributed by atoms with Crippen LogP contribution in [0.2, 0.25) is 0 Å². The lowest BCUT2D eigenvalue weighted by Gasteiger charge is -2.13. The molecule has 0 radical (unpaired) electrons. The molecule has 1 heterocycles. The maximum Gasteiger partial charge on any atom is 0.428 e. The Kier molecular flexibility index (Phi) is 3.57. The fraction of sp³-hybridized carbons (Fsp3) is 0.375. The van der Waals surface area contributed by atoms with Crippen LogP contribution in [0.4, 0.5) is 13.2 Å². The highest BCUT2D eigenvalue weighted by Gasteiger charge is 2.32. The average Bonchev–Trinajstić information content (AvgIpc) is 2.19. The second-order valence-corrected chi connectivity index (χ2v) is 2.78. The van der Waals surface area contributed by atoms with Crippen LogP contribution in [0.15, 0.2) is 18.3 Å². The summed E-state index contributed by atoms with van der Waals surface area (Å²) < 4.78 is 40.4. The van der Waals surface area contributed by atoms with E-state index in [1.54, 1.807) is 0 Å². The lowest BCUT2D eigenvalue weighted by atomic mass is 10.3. The first-order valence-corrected chi connectivity index (χ1v) is 4.24. The van der Waals surface area contributed by atoms with Crippen molar-refractivity contribution >= 4 is 11.6 Å². The lowest BCUT2D eigenvalue weighted by molar-refractivity contribution is -0.188. The Morgan fingerprint density at radius 1 is 1.43 bits per heavy atom. The molecule has 0 unspecified atom stereocenters. The summed E-state index contributed by atoms with van der Waals surface area (Å²) in [6.07, 6.45) is -2.54. The van der Waals surface area contributed by atoms with Crippen molar-refractivity contribution in [1.29, 1.82) is 0 Å². The molecule has 0 bridgehead atoms. The Labute approximate surface area is 83.7 Å². The van der Waals surface area contributed by atoms with Gasteiger partial charge in [-0.15, -0.1) is 11.6 Å². The predicted octanol–water partition coefficient (Wildman–Crippen LogP) is 2.76. The molecule has 14 heavy (non-hydrogen) atoms. The largest absolute Gasteiger partial charge is 0.428 e. The molecule has 0 saturated carbocycles. The number of nitrogens with zero attached hydrogens (tertiary/aromatic N) is 1. The molecule has 2 nitrogen and oxygen atoms in total. The van der Waals surface area contributed by atoms with E-state index in [1.165, 1.54) is 18.3 Å². The maximum absolute atomic E-state index is 12.4. The molecule has 0 aliphatic heterocycles. The van der Waals surface area contributed by atoms with Gasteiger partial charge in [-0.25, -0.2) is 9.37 Å². The minimum atomic E-state index is -3.82. The van der Waals surface area contributed by atoms with Crippen LogP contribution < -0.4 is 4.74 Å². The van der Waals surface area contributed by atoms with Gasteiger partial charge in [0.1, 0.15) is 0 Å². The topological polar surface area (TPSA) is 22.1 Å². The van der Waals surface area contributed by atoms with Crippen LogP contribution in [0.1, 0.15) is 5.56 Å². The van der Waals surface area contributed by atoms with Gasteiger partial charge in [-0.05, 0) is 5.56 Å². The van der Waals surface area contributed by atoms with Crippen molar-refractivity contribution < 1.29 is 17.9 Å². The van der Waals surface area contributed by atoms with Crippen LogP contribution in [0.25, 0.3) is 0 Å². The SMILES string of the molecule is FCC(F)(F)Oc1ccc(CCl)cn1. The first-order valence-electron chi connectivity index (χ1n) is 3.71. The Morgan fingerprint density at radius 2 is 2.14 bits per heavy atom. The number of hydrogen-bond donors (Lipinski definition) is 0. The van der Waals surface area contributed by atoms with E-state index in [1.807, 2.05) is 0 Å². The number of aromatic nitrogens is 1. The molecule has 0 saturated heterocycles. The van der Waals surface area contributed by atoms with Crippen molar-refractivity contribution in [2.24, 2.45) is 0 Å². The Bertz CT molecular complexity index is 291. The van der Waals surface area contributed by atoms with Gasteiger partial charge >= 0.3 is 6.11 Å². The summed E-state index contributed by atoms with van der Waals surface area (Å²) in [6, 6.07) is 2.69. The third-order valence-electron chi connectivity index (χ3n) is 1.36. The van der Waals surface area contributed by atoms with Gasteiger partial charge in [0, 0.05) is 18.1 Å². The zero-order chi connectivity index (χ0) is 10.6. The van der Waals surface area contributed by atoms with Gasteiger partial charge in [-0.1, -0.05) is 6.07 Å². The highest BCUT2D eigenvalue weighted by Crippen LogP contribution is 2.20. The van der Waals surface area contributed by atoms with E-state index in [-0.39, 0.29) is 11.8 Å². The van der Waals surface area contributed by atoms with Gasteiger partial charge in [-0.2, -0.15) is 8.78 Å². The van der Waals surface area contributed by atoms with E-state index in [0.29, 0.717) is 5.56 Å². The first kappa shape index (κ1) is 11.1. The summed E-state index contributed by atoms with van der Waals surface area (Å²) in [7, 11) is 0. The molecular weight excluding hydrogens is 219 g/mol. The predicted molar refractivity (Wildman–Crippen MR) is 45.3 cm³/mol. The molecule has 0 aliphatic rings. The fourth-order valence-corrected chi connectivity index (χ4v) is 0.889.